The predicted octanol–water partition coefficient (Wildman–Crippen LogP) is 3.42. The summed E-state index contributed by atoms with van der Waals surface area (Å²) in [5.74, 6) is 0.857. The third-order valence-electron chi connectivity index (χ3n) is 3.19. The number of hydrogen-bond donors (Lipinski definition) is 1. The van der Waals surface area contributed by atoms with Crippen molar-refractivity contribution >= 4 is 5.78 Å². The maximum Gasteiger partial charge on any atom is 2.00 e. The van der Waals surface area contributed by atoms with E-state index in [9.17, 15) is 4.79 Å². The van der Waals surface area contributed by atoms with E-state index in [0.29, 0.717) is 11.7 Å². The number of carbonyl (C=O) groups excluding carboxylic acids is 1. The number of rotatable bonds is 8. The Hall–Kier alpha value is 0.682. The molecule has 3 heteroatoms. The maximum absolute atomic E-state index is 12.3. The molecule has 0 bridgehead atoms. The van der Waals surface area contributed by atoms with E-state index in [2.05, 4.69) is 19.2 Å². The minimum Gasteiger partial charge on any atom is -0.343 e. The second-order valence-electron chi connectivity index (χ2n) is 5.75. The fourth-order valence-corrected chi connectivity index (χ4v) is 1.93. The van der Waals surface area contributed by atoms with Crippen molar-refractivity contribution in [3.63, 3.8) is 0 Å². The third kappa shape index (κ3) is 7.97. The quantitative estimate of drug-likeness (QED) is 0.543. The van der Waals surface area contributed by atoms with Gasteiger partial charge >= 0.3 is 31.1 Å². The molecule has 18 heavy (non-hydrogen) atoms. The number of hydrogen-bond acceptors (Lipinski definition) is 2. The van der Waals surface area contributed by atoms with Gasteiger partial charge in [-0.3, -0.25) is 4.79 Å². The monoisotopic (exact) mass is 477 g/mol. The molecule has 1 N–H and O–H groups in total. The zero-order valence-electron chi connectivity index (χ0n) is 12.5. The van der Waals surface area contributed by atoms with Crippen LogP contribution in [0.25, 0.3) is 0 Å². The first-order chi connectivity index (χ1) is 7.86. The second-order valence-corrected chi connectivity index (χ2v) is 5.75. The van der Waals surface area contributed by atoms with Gasteiger partial charge in [0.1, 0.15) is 0 Å². The number of carbonyl (C=O) groups is 1. The molecule has 0 aliphatic carbocycles. The average Bonchev–Trinajstić information content (AvgIpc) is 2.26. The van der Waals surface area contributed by atoms with E-state index in [1.54, 1.807) is 0 Å². The topological polar surface area (TPSA) is 29.1 Å². The van der Waals surface area contributed by atoms with Gasteiger partial charge in [0, 0.05) is 5.41 Å². The van der Waals surface area contributed by atoms with Crippen molar-refractivity contribution in [3.8, 4) is 0 Å². The number of nitrogens with one attached hydrogen (secondary N) is 1. The summed E-state index contributed by atoms with van der Waals surface area (Å²) in [6, 6.07) is -0.0133. The summed E-state index contributed by atoms with van der Waals surface area (Å²) in [5.41, 5.74) is -0.267. The SMILES string of the molecule is [CH2-]CC(C[CH2-])CCC(NCC)C(=O)C(C)(C)C.[U+2]. The van der Waals surface area contributed by atoms with Crippen LogP contribution in [-0.2, 0) is 4.79 Å². The Labute approximate surface area is 137 Å². The molecule has 104 valence electrons. The van der Waals surface area contributed by atoms with E-state index in [-0.39, 0.29) is 42.6 Å². The summed E-state index contributed by atoms with van der Waals surface area (Å²) in [7, 11) is 0. The third-order valence-corrected chi connectivity index (χ3v) is 3.19. The second kappa shape index (κ2) is 10.5. The van der Waals surface area contributed by atoms with Crippen LogP contribution in [0.2, 0.25) is 0 Å². The molecule has 0 spiro atoms. The molecule has 1 unspecified atom stereocenters. The van der Waals surface area contributed by atoms with Gasteiger partial charge in [-0.25, -0.2) is 0 Å². The number of likely N-dealkylation sites (N-methyl/N-ethyl adjacent to an activating group) is 1. The van der Waals surface area contributed by atoms with Crippen LogP contribution in [0.15, 0.2) is 0 Å². The molecule has 2 nitrogen and oxygen atoms in total. The largest absolute Gasteiger partial charge is 2.00 e. The molecule has 0 aliphatic rings. The van der Waals surface area contributed by atoms with Crippen molar-refractivity contribution in [1.29, 1.82) is 0 Å². The van der Waals surface area contributed by atoms with E-state index in [0.717, 1.165) is 32.2 Å². The zero-order chi connectivity index (χ0) is 13.5. The molecule has 0 heterocycles. The van der Waals surface area contributed by atoms with E-state index in [1.165, 1.54) is 0 Å². The van der Waals surface area contributed by atoms with Crippen LogP contribution < -0.4 is 5.32 Å². The van der Waals surface area contributed by atoms with Gasteiger partial charge in [-0.15, -0.1) is 0 Å². The summed E-state index contributed by atoms with van der Waals surface area (Å²) < 4.78 is 0. The average molecular weight is 477 g/mol. The fourth-order valence-electron chi connectivity index (χ4n) is 1.93. The molecule has 0 radical (unpaired) electrons. The Morgan fingerprint density at radius 1 is 1.17 bits per heavy atom. The van der Waals surface area contributed by atoms with Crippen LogP contribution in [0.4, 0.5) is 0 Å². The first kappa shape index (κ1) is 21.0. The predicted molar refractivity (Wildman–Crippen MR) is 74.6 cm³/mol. The van der Waals surface area contributed by atoms with Crippen molar-refractivity contribution in [1.82, 2.24) is 5.32 Å². The first-order valence-electron chi connectivity index (χ1n) is 6.73. The van der Waals surface area contributed by atoms with Gasteiger partial charge < -0.3 is 19.2 Å². The molecular weight excluding hydrogens is 448 g/mol. The van der Waals surface area contributed by atoms with Crippen LogP contribution >= 0.6 is 0 Å². The van der Waals surface area contributed by atoms with E-state index < -0.39 is 0 Å². The smallest absolute Gasteiger partial charge is 0.343 e. The van der Waals surface area contributed by atoms with Crippen molar-refractivity contribution in [2.45, 2.75) is 59.4 Å². The molecule has 0 amide bonds. The molecule has 1 atom stereocenters. The molecule has 0 saturated heterocycles. The Morgan fingerprint density at radius 3 is 2.00 bits per heavy atom. The van der Waals surface area contributed by atoms with Crippen molar-refractivity contribution < 1.29 is 35.9 Å². The van der Waals surface area contributed by atoms with Gasteiger partial charge in [0.2, 0.25) is 0 Å². The summed E-state index contributed by atoms with van der Waals surface area (Å²) in [6.07, 6.45) is 3.75. The summed E-state index contributed by atoms with van der Waals surface area (Å²) in [4.78, 5) is 12.3. The molecule has 0 aromatic carbocycles. The summed E-state index contributed by atoms with van der Waals surface area (Å²) >= 11 is 0. The first-order valence-corrected chi connectivity index (χ1v) is 6.73. The van der Waals surface area contributed by atoms with Gasteiger partial charge in [-0.05, 0) is 13.0 Å². The van der Waals surface area contributed by atoms with Gasteiger partial charge in [0.25, 0.3) is 0 Å². The fraction of sp³-hybridized carbons (Fsp3) is 0.800. The Bertz CT molecular complexity index is 219. The standard InChI is InChI=1S/C15H29NO.U/c1-7-12(8-2)10-11-13(16-9-3)14(17)15(4,5)6;/h12-13,16H,1-2,7-11H2,3-6H3;/q-2;+2. The summed E-state index contributed by atoms with van der Waals surface area (Å²) in [6.45, 7) is 16.7. The van der Waals surface area contributed by atoms with Gasteiger partial charge in [0.05, 0.1) is 6.04 Å². The van der Waals surface area contributed by atoms with E-state index in [1.807, 2.05) is 27.7 Å². The van der Waals surface area contributed by atoms with E-state index in [4.69, 9.17) is 0 Å². The molecular formula is C15H29NOU. The molecule has 0 aromatic rings. The van der Waals surface area contributed by atoms with Crippen LogP contribution in [0.5, 0.6) is 0 Å². The summed E-state index contributed by atoms with van der Waals surface area (Å²) in [5, 5.41) is 3.30. The molecule has 0 fully saturated rings. The van der Waals surface area contributed by atoms with Crippen molar-refractivity contribution in [2.24, 2.45) is 11.3 Å². The molecule has 0 aliphatic heterocycles. The van der Waals surface area contributed by atoms with Gasteiger partial charge in [-0.1, -0.05) is 40.0 Å². The minimum atomic E-state index is -0.267. The van der Waals surface area contributed by atoms with Crippen molar-refractivity contribution in [3.05, 3.63) is 13.8 Å². The number of ketones is 1. The Kier molecular flexibility index (Phi) is 12.2. The van der Waals surface area contributed by atoms with Crippen LogP contribution in [-0.4, -0.2) is 18.4 Å². The Morgan fingerprint density at radius 2 is 1.67 bits per heavy atom. The maximum atomic E-state index is 12.3. The van der Waals surface area contributed by atoms with Crippen LogP contribution in [0.3, 0.4) is 0 Å². The molecule has 0 saturated carbocycles. The zero-order valence-corrected chi connectivity index (χ0v) is 16.7. The van der Waals surface area contributed by atoms with Crippen LogP contribution in [0.1, 0.15) is 53.4 Å². The van der Waals surface area contributed by atoms with Crippen molar-refractivity contribution in [2.75, 3.05) is 6.54 Å². The van der Waals surface area contributed by atoms with E-state index >= 15 is 0 Å². The van der Waals surface area contributed by atoms with Crippen LogP contribution in [0, 0.1) is 56.3 Å². The molecule has 0 rings (SSSR count). The van der Waals surface area contributed by atoms with Gasteiger partial charge in [0.15, 0.2) is 5.78 Å². The Balaban J connectivity index is 0. The molecule has 0 aromatic heterocycles. The number of Topliss-reactive ketones (excluding diaryl/α,β-unsaturated/α-hetero) is 1. The minimum absolute atomic E-state index is 0. The normalized spacial score (nSPS) is 13.3. The van der Waals surface area contributed by atoms with Gasteiger partial charge in [-0.2, -0.15) is 12.8 Å².